The van der Waals surface area contributed by atoms with E-state index in [0.717, 1.165) is 11.0 Å². The maximum atomic E-state index is 4.96. The molecule has 0 aliphatic carbocycles. The van der Waals surface area contributed by atoms with Crippen LogP contribution in [0.2, 0.25) is 0 Å². The van der Waals surface area contributed by atoms with Crippen LogP contribution in [0.3, 0.4) is 0 Å². The van der Waals surface area contributed by atoms with Crippen LogP contribution in [-0.4, -0.2) is 9.97 Å². The van der Waals surface area contributed by atoms with Crippen molar-refractivity contribution in [2.75, 3.05) is 0 Å². The molecule has 0 atom stereocenters. The van der Waals surface area contributed by atoms with E-state index in [0.29, 0.717) is 4.64 Å². The van der Waals surface area contributed by atoms with Gasteiger partial charge < -0.3 is 4.98 Å². The van der Waals surface area contributed by atoms with Crippen LogP contribution >= 0.6 is 12.2 Å². The second-order valence-electron chi connectivity index (χ2n) is 2.77. The number of aryl methyl sites for hydroxylation is 1. The summed E-state index contributed by atoms with van der Waals surface area (Å²) >= 11 is 4.96. The highest BCUT2D eigenvalue weighted by atomic mass is 32.1. The number of nitrogens with zero attached hydrogens (tertiary/aromatic N) is 1. The van der Waals surface area contributed by atoms with Gasteiger partial charge in [-0.25, -0.2) is 0 Å². The van der Waals surface area contributed by atoms with E-state index < -0.39 is 0 Å². The maximum Gasteiger partial charge on any atom is 0.122 e. The number of H-pyrrole nitrogens is 1. The van der Waals surface area contributed by atoms with Crippen molar-refractivity contribution in [1.82, 2.24) is 9.97 Å². The lowest BCUT2D eigenvalue weighted by atomic mass is 10.2. The summed E-state index contributed by atoms with van der Waals surface area (Å²) in [4.78, 5) is 7.27. The van der Waals surface area contributed by atoms with Crippen LogP contribution < -0.4 is 0 Å². The number of nitrogens with one attached hydrogen (secondary N) is 1. The highest BCUT2D eigenvalue weighted by Gasteiger charge is 1.92. The van der Waals surface area contributed by atoms with Crippen molar-refractivity contribution < 1.29 is 0 Å². The number of fused-ring (bicyclic) bond motifs is 1. The minimum absolute atomic E-state index is 0.674. The Morgan fingerprint density at radius 3 is 2.71 bits per heavy atom. The fourth-order valence-corrected chi connectivity index (χ4v) is 1.32. The molecule has 0 spiro atoms. The minimum Gasteiger partial charge on any atom is -0.344 e. The number of hydrogen-bond donors (Lipinski definition) is 1. The van der Waals surface area contributed by atoms with E-state index in [9.17, 15) is 0 Å². The topological polar surface area (TPSA) is 28.7 Å². The molecule has 0 aliphatic rings. The molecule has 0 fully saturated rings. The second-order valence-corrected chi connectivity index (χ2v) is 3.21. The average molecular weight is 206 g/mol. The lowest BCUT2D eigenvalue weighted by Gasteiger charge is -1.97. The monoisotopic (exact) mass is 206 g/mol. The summed E-state index contributed by atoms with van der Waals surface area (Å²) in [5.41, 5.74) is 3.16. The third kappa shape index (κ3) is 2.39. The van der Waals surface area contributed by atoms with E-state index in [2.05, 4.69) is 9.97 Å². The number of aromatic nitrogens is 2. The Bertz CT molecular complexity index is 474. The molecular weight excluding hydrogens is 192 g/mol. The SMILES string of the molecule is CC.Cc1ccc2ncc(=S)[nH]c2c1. The van der Waals surface area contributed by atoms with Crippen LogP contribution in [-0.2, 0) is 0 Å². The Morgan fingerprint density at radius 1 is 1.29 bits per heavy atom. The van der Waals surface area contributed by atoms with Gasteiger partial charge in [-0.3, -0.25) is 4.98 Å². The molecule has 2 aromatic rings. The van der Waals surface area contributed by atoms with E-state index in [1.54, 1.807) is 6.20 Å². The molecule has 0 aliphatic heterocycles. The van der Waals surface area contributed by atoms with Gasteiger partial charge in [0.15, 0.2) is 0 Å². The van der Waals surface area contributed by atoms with Gasteiger partial charge in [-0.15, -0.1) is 0 Å². The van der Waals surface area contributed by atoms with Crippen molar-refractivity contribution in [2.45, 2.75) is 20.8 Å². The van der Waals surface area contributed by atoms with E-state index in [4.69, 9.17) is 12.2 Å². The molecule has 2 nitrogen and oxygen atoms in total. The molecule has 0 radical (unpaired) electrons. The first-order valence-corrected chi connectivity index (χ1v) is 5.12. The number of aromatic amines is 1. The van der Waals surface area contributed by atoms with Gasteiger partial charge >= 0.3 is 0 Å². The van der Waals surface area contributed by atoms with Gasteiger partial charge in [0, 0.05) is 0 Å². The van der Waals surface area contributed by atoms with Gasteiger partial charge in [0.1, 0.15) is 4.64 Å². The first-order chi connectivity index (χ1) is 6.75. The van der Waals surface area contributed by atoms with E-state index in [1.165, 1.54) is 5.56 Å². The molecule has 0 amide bonds. The van der Waals surface area contributed by atoms with Crippen molar-refractivity contribution in [2.24, 2.45) is 0 Å². The van der Waals surface area contributed by atoms with Crippen LogP contribution in [0.5, 0.6) is 0 Å². The highest BCUT2D eigenvalue weighted by molar-refractivity contribution is 7.71. The predicted octanol–water partition coefficient (Wildman–Crippen LogP) is 3.63. The van der Waals surface area contributed by atoms with Gasteiger partial charge in [-0.2, -0.15) is 0 Å². The van der Waals surface area contributed by atoms with Crippen molar-refractivity contribution >= 4 is 23.3 Å². The lowest BCUT2D eigenvalue weighted by molar-refractivity contribution is 1.26. The fourth-order valence-electron chi connectivity index (χ4n) is 1.16. The van der Waals surface area contributed by atoms with Crippen molar-refractivity contribution in [1.29, 1.82) is 0 Å². The van der Waals surface area contributed by atoms with Crippen LogP contribution in [0, 0.1) is 11.6 Å². The zero-order valence-electron chi connectivity index (χ0n) is 8.66. The Labute approximate surface area is 89.0 Å². The molecule has 0 unspecified atom stereocenters. The zero-order valence-corrected chi connectivity index (χ0v) is 9.48. The molecule has 1 aromatic heterocycles. The van der Waals surface area contributed by atoms with E-state index in [1.807, 2.05) is 39.0 Å². The summed E-state index contributed by atoms with van der Waals surface area (Å²) in [5, 5.41) is 0. The molecule has 1 aromatic carbocycles. The fraction of sp³-hybridized carbons (Fsp3) is 0.273. The lowest BCUT2D eigenvalue weighted by Crippen LogP contribution is -1.83. The molecular formula is C11H14N2S. The molecule has 14 heavy (non-hydrogen) atoms. The molecule has 0 saturated carbocycles. The van der Waals surface area contributed by atoms with Crippen molar-refractivity contribution in [3.63, 3.8) is 0 Å². The van der Waals surface area contributed by atoms with Gasteiger partial charge in [0.05, 0.1) is 17.2 Å². The summed E-state index contributed by atoms with van der Waals surface area (Å²) in [5.74, 6) is 0. The molecule has 0 saturated heterocycles. The first kappa shape index (κ1) is 10.9. The van der Waals surface area contributed by atoms with Crippen molar-refractivity contribution in [3.05, 3.63) is 34.6 Å². The van der Waals surface area contributed by atoms with E-state index >= 15 is 0 Å². The van der Waals surface area contributed by atoms with Crippen molar-refractivity contribution in [3.8, 4) is 0 Å². The highest BCUT2D eigenvalue weighted by Crippen LogP contribution is 2.09. The molecule has 2 rings (SSSR count). The van der Waals surface area contributed by atoms with Gasteiger partial charge in [-0.1, -0.05) is 32.1 Å². The first-order valence-electron chi connectivity index (χ1n) is 4.71. The summed E-state index contributed by atoms with van der Waals surface area (Å²) < 4.78 is 0.674. The maximum absolute atomic E-state index is 4.96. The molecule has 74 valence electrons. The van der Waals surface area contributed by atoms with Crippen LogP contribution in [0.15, 0.2) is 24.4 Å². The smallest absolute Gasteiger partial charge is 0.122 e. The van der Waals surface area contributed by atoms with Gasteiger partial charge in [0.2, 0.25) is 0 Å². The zero-order chi connectivity index (χ0) is 10.6. The van der Waals surface area contributed by atoms with Crippen LogP contribution in [0.4, 0.5) is 0 Å². The standard InChI is InChI=1S/C9H8N2S.C2H6/c1-6-2-3-7-8(4-6)11-9(12)5-10-7;1-2/h2-5H,1H3,(H,11,12);1-2H3. The second kappa shape index (κ2) is 4.86. The molecule has 3 heteroatoms. The summed E-state index contributed by atoms with van der Waals surface area (Å²) in [6, 6.07) is 6.06. The number of benzene rings is 1. The Kier molecular flexibility index (Phi) is 3.77. The Hall–Kier alpha value is -1.22. The van der Waals surface area contributed by atoms with Gasteiger partial charge in [0.25, 0.3) is 0 Å². The van der Waals surface area contributed by atoms with E-state index in [-0.39, 0.29) is 0 Å². The number of rotatable bonds is 0. The largest absolute Gasteiger partial charge is 0.344 e. The normalized spacial score (nSPS) is 9.36. The van der Waals surface area contributed by atoms with Crippen LogP contribution in [0.1, 0.15) is 19.4 Å². The Balaban J connectivity index is 0.000000461. The summed E-state index contributed by atoms with van der Waals surface area (Å²) in [6.07, 6.45) is 1.66. The third-order valence-corrected chi connectivity index (χ3v) is 1.94. The average Bonchev–Trinajstić information content (AvgIpc) is 2.20. The molecule has 1 heterocycles. The molecule has 1 N–H and O–H groups in total. The van der Waals surface area contributed by atoms with Gasteiger partial charge in [-0.05, 0) is 24.6 Å². The van der Waals surface area contributed by atoms with Crippen LogP contribution in [0.25, 0.3) is 11.0 Å². The summed E-state index contributed by atoms with van der Waals surface area (Å²) in [7, 11) is 0. The quantitative estimate of drug-likeness (QED) is 0.667. The number of hydrogen-bond acceptors (Lipinski definition) is 2. The summed E-state index contributed by atoms with van der Waals surface area (Å²) in [6.45, 7) is 6.04. The minimum atomic E-state index is 0.674. The molecule has 0 bridgehead atoms. The Morgan fingerprint density at radius 2 is 2.00 bits per heavy atom. The predicted molar refractivity (Wildman–Crippen MR) is 63.0 cm³/mol. The third-order valence-electron chi connectivity index (χ3n) is 1.73.